The van der Waals surface area contributed by atoms with Crippen molar-refractivity contribution in [3.63, 3.8) is 0 Å². The average molecular weight is 513 g/mol. The van der Waals surface area contributed by atoms with Crippen LogP contribution in [0.3, 0.4) is 0 Å². The largest absolute Gasteiger partial charge is 0.507 e. The molecule has 0 spiro atoms. The molecule has 0 saturated heterocycles. The molecule has 2 N–H and O–H groups in total. The van der Waals surface area contributed by atoms with Crippen LogP contribution in [0, 0.1) is 5.82 Å². The number of H-pyrrole nitrogens is 1. The van der Waals surface area contributed by atoms with E-state index < -0.39 is 29.2 Å². The summed E-state index contributed by atoms with van der Waals surface area (Å²) < 4.78 is 65.3. The van der Waals surface area contributed by atoms with E-state index in [-0.39, 0.29) is 34.4 Å². The fourth-order valence-electron chi connectivity index (χ4n) is 3.01. The van der Waals surface area contributed by atoms with Crippen LogP contribution in [0.4, 0.5) is 17.6 Å². The number of phenolic OH excluding ortho intramolecular Hbond substituents is 1. The molecule has 0 aliphatic heterocycles. The Bertz CT molecular complexity index is 1330. The number of aromatic hydroxyl groups is 1. The molecule has 0 aliphatic rings. The van der Waals surface area contributed by atoms with Crippen LogP contribution in [0.2, 0.25) is 10.0 Å². The molecule has 4 rings (SSSR count). The SMILES string of the molecule is Oc1cc(OCc2ccc(Cl)cc2)ccc1-c1n[nH]c(C(F)(F)F)c1Oc1ccc(Cl)c(F)c1. The van der Waals surface area contributed by atoms with Crippen LogP contribution in [0.1, 0.15) is 11.3 Å². The number of nitrogens with one attached hydrogen (secondary N) is 1. The first-order valence-electron chi connectivity index (χ1n) is 9.61. The summed E-state index contributed by atoms with van der Waals surface area (Å²) in [6.45, 7) is 0.174. The number of phenols is 1. The minimum absolute atomic E-state index is 0.0602. The maximum atomic E-state index is 13.8. The summed E-state index contributed by atoms with van der Waals surface area (Å²) >= 11 is 11.5. The Hall–Kier alpha value is -3.43. The van der Waals surface area contributed by atoms with E-state index >= 15 is 0 Å². The van der Waals surface area contributed by atoms with Gasteiger partial charge in [0.05, 0.1) is 5.02 Å². The lowest BCUT2D eigenvalue weighted by Gasteiger charge is -2.12. The molecule has 0 bridgehead atoms. The molecule has 0 aliphatic carbocycles. The molecular weight excluding hydrogens is 499 g/mol. The van der Waals surface area contributed by atoms with Gasteiger partial charge < -0.3 is 14.6 Å². The van der Waals surface area contributed by atoms with Gasteiger partial charge in [0.1, 0.15) is 35.4 Å². The highest BCUT2D eigenvalue weighted by molar-refractivity contribution is 6.30. The first-order chi connectivity index (χ1) is 16.1. The average Bonchev–Trinajstić information content (AvgIpc) is 3.20. The number of halogens is 6. The highest BCUT2D eigenvalue weighted by atomic mass is 35.5. The predicted octanol–water partition coefficient (Wildman–Crippen LogP) is 7.62. The van der Waals surface area contributed by atoms with Crippen LogP contribution in [-0.2, 0) is 12.8 Å². The smallest absolute Gasteiger partial charge is 0.436 e. The Kier molecular flexibility index (Phi) is 6.58. The van der Waals surface area contributed by atoms with Crippen molar-refractivity contribution in [2.24, 2.45) is 0 Å². The van der Waals surface area contributed by atoms with E-state index in [0.29, 0.717) is 5.02 Å². The van der Waals surface area contributed by atoms with E-state index in [1.54, 1.807) is 24.3 Å². The van der Waals surface area contributed by atoms with Gasteiger partial charge in [0.2, 0.25) is 0 Å². The molecule has 0 atom stereocenters. The molecule has 1 heterocycles. The van der Waals surface area contributed by atoms with Crippen molar-refractivity contribution in [3.8, 4) is 34.3 Å². The van der Waals surface area contributed by atoms with Crippen molar-refractivity contribution in [2.75, 3.05) is 0 Å². The van der Waals surface area contributed by atoms with Crippen molar-refractivity contribution >= 4 is 23.2 Å². The van der Waals surface area contributed by atoms with Gasteiger partial charge in [-0.05, 0) is 42.0 Å². The number of ether oxygens (including phenoxy) is 2. The van der Waals surface area contributed by atoms with Crippen molar-refractivity contribution in [3.05, 3.63) is 87.8 Å². The zero-order chi connectivity index (χ0) is 24.5. The molecule has 34 heavy (non-hydrogen) atoms. The second-order valence-electron chi connectivity index (χ2n) is 7.05. The number of hydrogen-bond acceptors (Lipinski definition) is 4. The summed E-state index contributed by atoms with van der Waals surface area (Å²) in [7, 11) is 0. The van der Waals surface area contributed by atoms with Crippen LogP contribution >= 0.6 is 23.2 Å². The standard InChI is InChI=1S/C23H14Cl2F4N2O3/c24-13-3-1-12(2-4-13)11-33-14-5-7-16(19(32)10-14)20-21(22(31-30-20)23(27,28)29)34-15-6-8-17(25)18(26)9-15/h1-10,32H,11H2,(H,30,31). The third-order valence-electron chi connectivity index (χ3n) is 4.66. The fraction of sp³-hybridized carbons (Fsp3) is 0.0870. The van der Waals surface area contributed by atoms with Crippen LogP contribution in [0.25, 0.3) is 11.3 Å². The highest BCUT2D eigenvalue weighted by Gasteiger charge is 2.39. The first kappa shape index (κ1) is 23.7. The van der Waals surface area contributed by atoms with Gasteiger partial charge in [-0.3, -0.25) is 5.10 Å². The summed E-state index contributed by atoms with van der Waals surface area (Å²) in [6.07, 6.45) is -4.86. The summed E-state index contributed by atoms with van der Waals surface area (Å²) in [5, 5.41) is 16.4. The van der Waals surface area contributed by atoms with E-state index in [9.17, 15) is 22.7 Å². The number of benzene rings is 3. The number of aromatic amines is 1. The zero-order valence-corrected chi connectivity index (χ0v) is 18.5. The fourth-order valence-corrected chi connectivity index (χ4v) is 3.26. The normalized spacial score (nSPS) is 11.5. The van der Waals surface area contributed by atoms with Crippen molar-refractivity contribution in [1.82, 2.24) is 10.2 Å². The molecule has 0 fully saturated rings. The molecule has 11 heteroatoms. The highest BCUT2D eigenvalue weighted by Crippen LogP contribution is 2.45. The Morgan fingerprint density at radius 1 is 0.941 bits per heavy atom. The Morgan fingerprint density at radius 2 is 1.65 bits per heavy atom. The maximum absolute atomic E-state index is 13.8. The molecule has 0 amide bonds. The summed E-state index contributed by atoms with van der Waals surface area (Å²) in [6, 6.07) is 14.1. The van der Waals surface area contributed by atoms with Gasteiger partial charge in [0.15, 0.2) is 11.4 Å². The van der Waals surface area contributed by atoms with E-state index in [1.165, 1.54) is 24.3 Å². The molecule has 0 saturated carbocycles. The van der Waals surface area contributed by atoms with Gasteiger partial charge >= 0.3 is 6.18 Å². The van der Waals surface area contributed by atoms with E-state index in [4.69, 9.17) is 32.7 Å². The number of rotatable bonds is 6. The van der Waals surface area contributed by atoms with Crippen molar-refractivity contribution in [1.29, 1.82) is 0 Å². The predicted molar refractivity (Wildman–Crippen MR) is 118 cm³/mol. The van der Waals surface area contributed by atoms with Gasteiger partial charge in [-0.2, -0.15) is 18.3 Å². The topological polar surface area (TPSA) is 67.4 Å². The molecule has 4 aromatic rings. The molecule has 3 aromatic carbocycles. The number of aromatic nitrogens is 2. The molecule has 0 unspecified atom stereocenters. The second-order valence-corrected chi connectivity index (χ2v) is 7.89. The van der Waals surface area contributed by atoms with Gasteiger partial charge in [-0.15, -0.1) is 0 Å². The molecule has 5 nitrogen and oxygen atoms in total. The van der Waals surface area contributed by atoms with Gasteiger partial charge in [0, 0.05) is 22.7 Å². The van der Waals surface area contributed by atoms with Gasteiger partial charge in [-0.25, -0.2) is 4.39 Å². The lowest BCUT2D eigenvalue weighted by molar-refractivity contribution is -0.142. The lowest BCUT2D eigenvalue weighted by Crippen LogP contribution is -2.07. The monoisotopic (exact) mass is 512 g/mol. The van der Waals surface area contributed by atoms with Crippen LogP contribution in [-0.4, -0.2) is 15.3 Å². The second kappa shape index (κ2) is 9.44. The van der Waals surface area contributed by atoms with Crippen molar-refractivity contribution < 1.29 is 32.1 Å². The van der Waals surface area contributed by atoms with Gasteiger partial charge in [0.25, 0.3) is 0 Å². The number of alkyl halides is 3. The molecular formula is C23H14Cl2F4N2O3. The van der Waals surface area contributed by atoms with Crippen LogP contribution in [0.5, 0.6) is 23.0 Å². The van der Waals surface area contributed by atoms with E-state index in [1.807, 2.05) is 5.10 Å². The first-order valence-corrected chi connectivity index (χ1v) is 10.4. The lowest BCUT2D eigenvalue weighted by atomic mass is 10.1. The quantitative estimate of drug-likeness (QED) is 0.261. The van der Waals surface area contributed by atoms with Crippen molar-refractivity contribution in [2.45, 2.75) is 12.8 Å². The van der Waals surface area contributed by atoms with Gasteiger partial charge in [-0.1, -0.05) is 35.3 Å². The minimum atomic E-state index is -4.86. The third-order valence-corrected chi connectivity index (χ3v) is 5.22. The minimum Gasteiger partial charge on any atom is -0.507 e. The van der Waals surface area contributed by atoms with Crippen LogP contribution < -0.4 is 9.47 Å². The molecule has 0 radical (unpaired) electrons. The summed E-state index contributed by atoms with van der Waals surface area (Å²) in [4.78, 5) is 0. The molecule has 1 aromatic heterocycles. The number of nitrogens with zero attached hydrogens (tertiary/aromatic N) is 1. The summed E-state index contributed by atoms with van der Waals surface area (Å²) in [5.74, 6) is -1.98. The zero-order valence-electron chi connectivity index (χ0n) is 17.0. The third kappa shape index (κ3) is 5.21. The molecule has 176 valence electrons. The van der Waals surface area contributed by atoms with E-state index in [2.05, 4.69) is 5.10 Å². The number of hydrogen-bond donors (Lipinski definition) is 2. The Balaban J connectivity index is 1.64. The van der Waals surface area contributed by atoms with E-state index in [0.717, 1.165) is 17.7 Å². The maximum Gasteiger partial charge on any atom is 0.436 e. The summed E-state index contributed by atoms with van der Waals surface area (Å²) in [5.41, 5.74) is -0.874. The van der Waals surface area contributed by atoms with Crippen LogP contribution in [0.15, 0.2) is 60.7 Å². The Labute approximate surface area is 200 Å². The Morgan fingerprint density at radius 3 is 2.29 bits per heavy atom.